The van der Waals surface area contributed by atoms with Crippen LogP contribution in [-0.4, -0.2) is 57.3 Å². The normalized spacial score (nSPS) is 14.4. The fourth-order valence-corrected chi connectivity index (χ4v) is 4.00. The number of thioether (sulfide) groups is 1. The van der Waals surface area contributed by atoms with Crippen LogP contribution < -0.4 is 4.90 Å². The Labute approximate surface area is 162 Å². The van der Waals surface area contributed by atoms with Gasteiger partial charge in [-0.25, -0.2) is 9.97 Å². The lowest BCUT2D eigenvalue weighted by molar-refractivity contribution is -0.128. The van der Waals surface area contributed by atoms with Crippen LogP contribution in [0.15, 0.2) is 72.3 Å². The summed E-state index contributed by atoms with van der Waals surface area (Å²) in [6.07, 6.45) is 5.50. The predicted octanol–water partition coefficient (Wildman–Crippen LogP) is 2.71. The molecule has 1 aliphatic rings. The summed E-state index contributed by atoms with van der Waals surface area (Å²) < 4.78 is 2.01. The first-order valence-corrected chi connectivity index (χ1v) is 9.95. The molecule has 3 aromatic rings. The van der Waals surface area contributed by atoms with Gasteiger partial charge in [0.1, 0.15) is 5.82 Å². The summed E-state index contributed by atoms with van der Waals surface area (Å²) in [6, 6.07) is 16.0. The van der Waals surface area contributed by atoms with E-state index in [-0.39, 0.29) is 5.91 Å². The van der Waals surface area contributed by atoms with Crippen molar-refractivity contribution in [3.63, 3.8) is 0 Å². The van der Waals surface area contributed by atoms with Crippen molar-refractivity contribution in [1.82, 2.24) is 19.4 Å². The molecule has 2 aromatic heterocycles. The Morgan fingerprint density at radius 3 is 2.44 bits per heavy atom. The Morgan fingerprint density at radius 1 is 0.926 bits per heavy atom. The van der Waals surface area contributed by atoms with Crippen molar-refractivity contribution < 1.29 is 4.79 Å². The van der Waals surface area contributed by atoms with E-state index >= 15 is 0 Å². The van der Waals surface area contributed by atoms with E-state index in [0.717, 1.165) is 42.8 Å². The number of piperazine rings is 1. The molecule has 0 atom stereocenters. The maximum Gasteiger partial charge on any atom is 0.233 e. The molecule has 138 valence electrons. The summed E-state index contributed by atoms with van der Waals surface area (Å²) in [6.45, 7) is 3.07. The molecule has 0 unspecified atom stereocenters. The monoisotopic (exact) mass is 379 g/mol. The fourth-order valence-electron chi connectivity index (χ4n) is 3.12. The molecule has 3 heterocycles. The van der Waals surface area contributed by atoms with Gasteiger partial charge < -0.3 is 9.80 Å². The number of anilines is 1. The highest BCUT2D eigenvalue weighted by Gasteiger charge is 2.22. The molecule has 0 N–H and O–H groups in total. The van der Waals surface area contributed by atoms with Crippen LogP contribution in [-0.2, 0) is 4.79 Å². The number of imidazole rings is 1. The molecule has 1 aliphatic heterocycles. The highest BCUT2D eigenvalue weighted by Crippen LogP contribution is 2.21. The molecule has 1 aromatic carbocycles. The van der Waals surface area contributed by atoms with E-state index < -0.39 is 0 Å². The third kappa shape index (κ3) is 4.14. The van der Waals surface area contributed by atoms with Gasteiger partial charge in [-0.05, 0) is 24.3 Å². The summed E-state index contributed by atoms with van der Waals surface area (Å²) in [7, 11) is 0. The van der Waals surface area contributed by atoms with E-state index in [2.05, 4.69) is 14.9 Å². The molecule has 7 heteroatoms. The molecule has 27 heavy (non-hydrogen) atoms. The van der Waals surface area contributed by atoms with Crippen LogP contribution in [0.4, 0.5) is 5.82 Å². The van der Waals surface area contributed by atoms with Crippen molar-refractivity contribution in [1.29, 1.82) is 0 Å². The molecule has 0 radical (unpaired) electrons. The van der Waals surface area contributed by atoms with Crippen LogP contribution in [0.3, 0.4) is 0 Å². The van der Waals surface area contributed by atoms with Crippen molar-refractivity contribution >= 4 is 23.5 Å². The molecule has 1 amide bonds. The van der Waals surface area contributed by atoms with Crippen LogP contribution in [0.1, 0.15) is 0 Å². The van der Waals surface area contributed by atoms with Gasteiger partial charge in [-0.1, -0.05) is 36.0 Å². The lowest BCUT2D eigenvalue weighted by atomic mass is 10.3. The first-order chi connectivity index (χ1) is 13.3. The predicted molar refractivity (Wildman–Crippen MR) is 107 cm³/mol. The SMILES string of the molecule is O=C(CSc1nccn1-c1ccccc1)N1CCN(c2ccccn2)CC1. The highest BCUT2D eigenvalue weighted by molar-refractivity contribution is 7.99. The van der Waals surface area contributed by atoms with Crippen molar-refractivity contribution in [2.75, 3.05) is 36.8 Å². The van der Waals surface area contributed by atoms with Crippen molar-refractivity contribution in [3.05, 3.63) is 67.1 Å². The third-order valence-corrected chi connectivity index (χ3v) is 5.52. The largest absolute Gasteiger partial charge is 0.353 e. The van der Waals surface area contributed by atoms with E-state index in [0.29, 0.717) is 5.75 Å². The summed E-state index contributed by atoms with van der Waals surface area (Å²) >= 11 is 1.48. The summed E-state index contributed by atoms with van der Waals surface area (Å²) in [5.41, 5.74) is 1.05. The van der Waals surface area contributed by atoms with Crippen molar-refractivity contribution in [2.45, 2.75) is 5.16 Å². The number of amides is 1. The second kappa shape index (κ2) is 8.26. The summed E-state index contributed by atoms with van der Waals surface area (Å²) in [5.74, 6) is 1.53. The Hall–Kier alpha value is -2.80. The minimum Gasteiger partial charge on any atom is -0.353 e. The number of rotatable bonds is 5. The van der Waals surface area contributed by atoms with Gasteiger partial charge in [0.15, 0.2) is 5.16 Å². The van der Waals surface area contributed by atoms with Crippen LogP contribution in [0, 0.1) is 0 Å². The number of carbonyl (C=O) groups is 1. The van der Waals surface area contributed by atoms with Gasteiger partial charge in [-0.3, -0.25) is 9.36 Å². The van der Waals surface area contributed by atoms with E-state index in [9.17, 15) is 4.79 Å². The molecule has 0 spiro atoms. The Morgan fingerprint density at radius 2 is 1.70 bits per heavy atom. The quantitative estimate of drug-likeness (QED) is 0.638. The van der Waals surface area contributed by atoms with Gasteiger partial charge in [0.25, 0.3) is 0 Å². The van der Waals surface area contributed by atoms with E-state index in [1.165, 1.54) is 11.8 Å². The first-order valence-electron chi connectivity index (χ1n) is 8.96. The molecule has 4 rings (SSSR count). The van der Waals surface area contributed by atoms with E-state index in [1.54, 1.807) is 12.4 Å². The molecule has 0 aliphatic carbocycles. The zero-order valence-corrected chi connectivity index (χ0v) is 15.8. The highest BCUT2D eigenvalue weighted by atomic mass is 32.2. The average molecular weight is 379 g/mol. The molecule has 1 saturated heterocycles. The fraction of sp³-hybridized carbons (Fsp3) is 0.250. The van der Waals surface area contributed by atoms with Gasteiger partial charge in [0.05, 0.1) is 5.75 Å². The Kier molecular flexibility index (Phi) is 5.39. The standard InChI is InChI=1S/C20H21N5OS/c26-19(24-14-12-23(13-15-24)18-8-4-5-9-21-18)16-27-20-22-10-11-25(20)17-6-2-1-3-7-17/h1-11H,12-16H2. The van der Waals surface area contributed by atoms with Gasteiger partial charge in [-0.15, -0.1) is 0 Å². The van der Waals surface area contributed by atoms with Crippen molar-refractivity contribution in [3.8, 4) is 5.69 Å². The topological polar surface area (TPSA) is 54.3 Å². The maximum atomic E-state index is 12.6. The lowest BCUT2D eigenvalue weighted by Gasteiger charge is -2.35. The van der Waals surface area contributed by atoms with Crippen molar-refractivity contribution in [2.24, 2.45) is 0 Å². The molecule has 0 bridgehead atoms. The lowest BCUT2D eigenvalue weighted by Crippen LogP contribution is -2.49. The Balaban J connectivity index is 1.32. The minimum atomic E-state index is 0.156. The summed E-state index contributed by atoms with van der Waals surface area (Å²) in [5, 5.41) is 0.835. The van der Waals surface area contributed by atoms with Gasteiger partial charge in [-0.2, -0.15) is 0 Å². The first kappa shape index (κ1) is 17.6. The Bertz CT molecular complexity index is 876. The molecular weight excluding hydrogens is 358 g/mol. The third-order valence-electron chi connectivity index (χ3n) is 4.57. The number of nitrogens with zero attached hydrogens (tertiary/aromatic N) is 5. The van der Waals surface area contributed by atoms with Crippen LogP contribution in [0.5, 0.6) is 0 Å². The average Bonchev–Trinajstić information content (AvgIpc) is 3.22. The van der Waals surface area contributed by atoms with Crippen LogP contribution in [0.2, 0.25) is 0 Å². The number of aromatic nitrogens is 3. The number of hydrogen-bond donors (Lipinski definition) is 0. The molecular formula is C20H21N5OS. The number of hydrogen-bond acceptors (Lipinski definition) is 5. The number of para-hydroxylation sites is 1. The van der Waals surface area contributed by atoms with Gasteiger partial charge in [0.2, 0.25) is 5.91 Å². The smallest absolute Gasteiger partial charge is 0.233 e. The van der Waals surface area contributed by atoms with Crippen LogP contribution in [0.25, 0.3) is 5.69 Å². The van der Waals surface area contributed by atoms with E-state index in [4.69, 9.17) is 0 Å². The van der Waals surface area contributed by atoms with E-state index in [1.807, 2.05) is 64.2 Å². The molecule has 6 nitrogen and oxygen atoms in total. The second-order valence-corrected chi connectivity index (χ2v) is 7.20. The zero-order valence-electron chi connectivity index (χ0n) is 14.9. The summed E-state index contributed by atoms with van der Waals surface area (Å²) in [4.78, 5) is 25.6. The molecule has 1 fully saturated rings. The van der Waals surface area contributed by atoms with Gasteiger partial charge in [0, 0.05) is 50.5 Å². The molecule has 0 saturated carbocycles. The van der Waals surface area contributed by atoms with Crippen LogP contribution >= 0.6 is 11.8 Å². The zero-order chi connectivity index (χ0) is 18.5. The number of benzene rings is 1. The number of pyridine rings is 1. The second-order valence-electron chi connectivity index (χ2n) is 6.26. The number of carbonyl (C=O) groups excluding carboxylic acids is 1. The minimum absolute atomic E-state index is 0.156. The maximum absolute atomic E-state index is 12.6. The van der Waals surface area contributed by atoms with Gasteiger partial charge >= 0.3 is 0 Å².